The van der Waals surface area contributed by atoms with E-state index in [2.05, 4.69) is 9.97 Å². The summed E-state index contributed by atoms with van der Waals surface area (Å²) in [6.45, 7) is 0. The van der Waals surface area contributed by atoms with Crippen molar-refractivity contribution in [3.05, 3.63) is 18.0 Å². The Bertz CT molecular complexity index is 375. The van der Waals surface area contributed by atoms with E-state index in [-0.39, 0.29) is 12.1 Å². The second kappa shape index (κ2) is 5.19. The highest BCUT2D eigenvalue weighted by molar-refractivity contribution is 7.99. The number of rotatable bonds is 4. The molecule has 14 heavy (non-hydrogen) atoms. The van der Waals surface area contributed by atoms with Crippen LogP contribution in [-0.2, 0) is 4.79 Å². The number of aliphatic carboxylic acids is 1. The number of aromatic nitrogens is 2. The molecule has 0 aliphatic rings. The molecule has 0 bridgehead atoms. The molecule has 1 aromatic heterocycles. The van der Waals surface area contributed by atoms with Crippen molar-refractivity contribution in [1.82, 2.24) is 9.97 Å². The van der Waals surface area contributed by atoms with Gasteiger partial charge in [-0.3, -0.25) is 4.79 Å². The van der Waals surface area contributed by atoms with E-state index in [0.717, 1.165) is 0 Å². The van der Waals surface area contributed by atoms with E-state index in [4.69, 9.17) is 10.4 Å². The average molecular weight is 209 g/mol. The van der Waals surface area contributed by atoms with Gasteiger partial charge in [0.2, 0.25) is 0 Å². The number of nitrogens with zero attached hydrogens (tertiary/aromatic N) is 3. The van der Waals surface area contributed by atoms with Gasteiger partial charge in [0.1, 0.15) is 11.8 Å². The summed E-state index contributed by atoms with van der Waals surface area (Å²) in [6.07, 6.45) is 1.54. The normalized spacial score (nSPS) is 9.36. The lowest BCUT2D eigenvalue weighted by atomic mass is 10.5. The minimum atomic E-state index is -0.853. The molecule has 0 atom stereocenters. The molecule has 0 saturated heterocycles. The third-order valence-corrected chi connectivity index (χ3v) is 2.16. The molecular formula is C8H7N3O2S. The van der Waals surface area contributed by atoms with Crippen LogP contribution in [0.1, 0.15) is 12.1 Å². The number of carboxylic acid groups (broad SMARTS) is 1. The first-order valence-electron chi connectivity index (χ1n) is 3.80. The lowest BCUT2D eigenvalue weighted by Crippen LogP contribution is -1.97. The van der Waals surface area contributed by atoms with Gasteiger partial charge in [-0.2, -0.15) is 5.26 Å². The fourth-order valence-electron chi connectivity index (χ4n) is 0.702. The van der Waals surface area contributed by atoms with Crippen molar-refractivity contribution >= 4 is 17.7 Å². The van der Waals surface area contributed by atoms with Gasteiger partial charge in [0.25, 0.3) is 0 Å². The van der Waals surface area contributed by atoms with E-state index in [9.17, 15) is 4.79 Å². The monoisotopic (exact) mass is 209 g/mol. The summed E-state index contributed by atoms with van der Waals surface area (Å²) in [7, 11) is 0. The summed E-state index contributed by atoms with van der Waals surface area (Å²) in [5.41, 5.74) is 0.290. The zero-order valence-electron chi connectivity index (χ0n) is 7.17. The Labute approximate surface area is 84.8 Å². The Hall–Kier alpha value is -1.61. The first-order chi connectivity index (χ1) is 6.72. The van der Waals surface area contributed by atoms with Crippen LogP contribution in [0.3, 0.4) is 0 Å². The Morgan fingerprint density at radius 2 is 2.50 bits per heavy atom. The van der Waals surface area contributed by atoms with Crippen molar-refractivity contribution < 1.29 is 9.90 Å². The molecule has 0 aliphatic carbocycles. The minimum absolute atomic E-state index is 0.0603. The fourth-order valence-corrected chi connectivity index (χ4v) is 1.46. The molecule has 1 aromatic rings. The van der Waals surface area contributed by atoms with Crippen LogP contribution in [0, 0.1) is 11.3 Å². The summed E-state index contributed by atoms with van der Waals surface area (Å²) in [5.74, 6) is -0.446. The lowest BCUT2D eigenvalue weighted by Gasteiger charge is -1.96. The molecule has 0 radical (unpaired) electrons. The molecule has 1 N–H and O–H groups in total. The van der Waals surface area contributed by atoms with E-state index >= 15 is 0 Å². The van der Waals surface area contributed by atoms with Gasteiger partial charge >= 0.3 is 5.97 Å². The van der Waals surface area contributed by atoms with Crippen LogP contribution in [-0.4, -0.2) is 26.8 Å². The van der Waals surface area contributed by atoms with Gasteiger partial charge in [0.15, 0.2) is 5.16 Å². The zero-order chi connectivity index (χ0) is 10.4. The van der Waals surface area contributed by atoms with Crippen molar-refractivity contribution in [2.24, 2.45) is 0 Å². The van der Waals surface area contributed by atoms with Gasteiger partial charge in [-0.25, -0.2) is 9.97 Å². The van der Waals surface area contributed by atoms with Gasteiger partial charge in [-0.15, -0.1) is 0 Å². The van der Waals surface area contributed by atoms with Gasteiger partial charge in [-0.1, -0.05) is 11.8 Å². The number of hydrogen-bond donors (Lipinski definition) is 1. The summed E-state index contributed by atoms with van der Waals surface area (Å²) < 4.78 is 0. The van der Waals surface area contributed by atoms with Gasteiger partial charge < -0.3 is 5.11 Å². The van der Waals surface area contributed by atoms with Crippen LogP contribution in [0.25, 0.3) is 0 Å². The summed E-state index contributed by atoms with van der Waals surface area (Å²) in [5, 5.41) is 17.4. The molecule has 1 rings (SSSR count). The minimum Gasteiger partial charge on any atom is -0.481 e. The standard InChI is InChI=1S/C8H7N3O2S/c9-5-6-1-3-10-8(11-6)14-4-2-7(12)13/h1,3H,2,4H2,(H,12,13). The Morgan fingerprint density at radius 1 is 1.71 bits per heavy atom. The molecule has 0 aliphatic heterocycles. The van der Waals surface area contributed by atoms with Gasteiger partial charge in [0.05, 0.1) is 6.42 Å². The van der Waals surface area contributed by atoms with E-state index in [1.54, 1.807) is 0 Å². The van der Waals surface area contributed by atoms with Crippen molar-refractivity contribution in [2.45, 2.75) is 11.6 Å². The average Bonchev–Trinajstić information content (AvgIpc) is 2.18. The second-order valence-electron chi connectivity index (χ2n) is 2.33. The highest BCUT2D eigenvalue weighted by Gasteiger charge is 2.01. The highest BCUT2D eigenvalue weighted by Crippen LogP contribution is 2.12. The molecular weight excluding hydrogens is 202 g/mol. The van der Waals surface area contributed by atoms with Crippen molar-refractivity contribution in [3.63, 3.8) is 0 Å². The number of thioether (sulfide) groups is 1. The van der Waals surface area contributed by atoms with Crippen LogP contribution in [0.4, 0.5) is 0 Å². The molecule has 0 saturated carbocycles. The summed E-state index contributed by atoms with van der Waals surface area (Å²) in [4.78, 5) is 18.0. The quantitative estimate of drug-likeness (QED) is 0.586. The smallest absolute Gasteiger partial charge is 0.304 e. The molecule has 6 heteroatoms. The third-order valence-electron chi connectivity index (χ3n) is 1.30. The number of hydrogen-bond acceptors (Lipinski definition) is 5. The molecule has 0 fully saturated rings. The Kier molecular flexibility index (Phi) is 3.88. The maximum atomic E-state index is 10.2. The second-order valence-corrected chi connectivity index (χ2v) is 3.39. The Morgan fingerprint density at radius 3 is 3.14 bits per heavy atom. The summed E-state index contributed by atoms with van der Waals surface area (Å²) >= 11 is 1.22. The predicted molar refractivity (Wildman–Crippen MR) is 49.7 cm³/mol. The fraction of sp³-hybridized carbons (Fsp3) is 0.250. The first-order valence-corrected chi connectivity index (χ1v) is 4.78. The Balaban J connectivity index is 2.51. The van der Waals surface area contributed by atoms with E-state index < -0.39 is 5.97 Å². The molecule has 0 spiro atoms. The first kappa shape index (κ1) is 10.5. The van der Waals surface area contributed by atoms with E-state index in [1.165, 1.54) is 24.0 Å². The van der Waals surface area contributed by atoms with Crippen molar-refractivity contribution in [1.29, 1.82) is 5.26 Å². The molecule has 0 aromatic carbocycles. The maximum absolute atomic E-state index is 10.2. The number of carboxylic acids is 1. The van der Waals surface area contributed by atoms with Gasteiger partial charge in [0, 0.05) is 11.9 Å². The topological polar surface area (TPSA) is 86.9 Å². The van der Waals surface area contributed by atoms with E-state index in [1.807, 2.05) is 6.07 Å². The SMILES string of the molecule is N#Cc1ccnc(SCCC(=O)O)n1. The third kappa shape index (κ3) is 3.41. The predicted octanol–water partition coefficient (Wildman–Crippen LogP) is 0.915. The van der Waals surface area contributed by atoms with Crippen LogP contribution in [0.5, 0.6) is 0 Å². The van der Waals surface area contributed by atoms with Crippen molar-refractivity contribution in [3.8, 4) is 6.07 Å². The molecule has 72 valence electrons. The number of nitriles is 1. The molecule has 0 unspecified atom stereocenters. The largest absolute Gasteiger partial charge is 0.481 e. The molecule has 0 amide bonds. The van der Waals surface area contributed by atoms with Crippen molar-refractivity contribution in [2.75, 3.05) is 5.75 Å². The summed E-state index contributed by atoms with van der Waals surface area (Å²) in [6, 6.07) is 3.39. The maximum Gasteiger partial charge on any atom is 0.304 e. The zero-order valence-corrected chi connectivity index (χ0v) is 7.99. The van der Waals surface area contributed by atoms with Gasteiger partial charge in [-0.05, 0) is 6.07 Å². The van der Waals surface area contributed by atoms with E-state index in [0.29, 0.717) is 10.9 Å². The van der Waals surface area contributed by atoms with Crippen LogP contribution >= 0.6 is 11.8 Å². The molecule has 1 heterocycles. The highest BCUT2D eigenvalue weighted by atomic mass is 32.2. The lowest BCUT2D eigenvalue weighted by molar-refractivity contribution is -0.136. The molecule has 5 nitrogen and oxygen atoms in total. The van der Waals surface area contributed by atoms with Crippen LogP contribution in [0.2, 0.25) is 0 Å². The van der Waals surface area contributed by atoms with Crippen LogP contribution in [0.15, 0.2) is 17.4 Å². The number of carbonyl (C=O) groups is 1. The van der Waals surface area contributed by atoms with Crippen LogP contribution < -0.4 is 0 Å².